The Morgan fingerprint density at radius 3 is 2.44 bits per heavy atom. The molecule has 1 aromatic carbocycles. The third kappa shape index (κ3) is 3.80. The number of carbonyl (C=O) groups is 1. The van der Waals surface area contributed by atoms with Gasteiger partial charge in [0.1, 0.15) is 0 Å². The van der Waals surface area contributed by atoms with Crippen LogP contribution in [0.25, 0.3) is 22.3 Å². The molecule has 3 aromatic rings. The van der Waals surface area contributed by atoms with Crippen LogP contribution in [0.15, 0.2) is 55.0 Å². The zero-order chi connectivity index (χ0) is 22.6. The number of fused-ring (bicyclic) bond motifs is 1. The van der Waals surface area contributed by atoms with Crippen LogP contribution >= 0.6 is 11.6 Å². The van der Waals surface area contributed by atoms with Crippen LogP contribution < -0.4 is 0 Å². The van der Waals surface area contributed by atoms with Crippen molar-refractivity contribution >= 4 is 17.5 Å². The first-order chi connectivity index (χ1) is 15.2. The Kier molecular flexibility index (Phi) is 5.06. The molecular weight excluding hydrogens is 422 g/mol. The van der Waals surface area contributed by atoms with Gasteiger partial charge >= 0.3 is 0 Å². The maximum Gasteiger partial charge on any atom is 0.253 e. The maximum atomic E-state index is 12.8. The number of aliphatic hydroxyl groups excluding tert-OH is 1. The molecule has 0 bridgehead atoms. The molecule has 1 aliphatic carbocycles. The fourth-order valence-electron chi connectivity index (χ4n) is 4.49. The minimum absolute atomic E-state index is 0.0313. The molecule has 2 aromatic heterocycles. The molecule has 164 valence electrons. The van der Waals surface area contributed by atoms with Gasteiger partial charge in [0, 0.05) is 81.9 Å². The van der Waals surface area contributed by atoms with E-state index >= 15 is 0 Å². The highest BCUT2D eigenvalue weighted by atomic mass is 35.5. The van der Waals surface area contributed by atoms with Crippen molar-refractivity contribution in [1.29, 1.82) is 0 Å². The lowest BCUT2D eigenvalue weighted by Crippen LogP contribution is -2.32. The highest BCUT2D eigenvalue weighted by Gasteiger charge is 2.56. The summed E-state index contributed by atoms with van der Waals surface area (Å²) in [6.45, 7) is 7.67. The number of halogens is 1. The molecule has 2 aliphatic rings. The molecule has 2 atom stereocenters. The average Bonchev–Trinajstić information content (AvgIpc) is 3.17. The van der Waals surface area contributed by atoms with Gasteiger partial charge in [0.25, 0.3) is 5.91 Å². The molecule has 5 rings (SSSR count). The van der Waals surface area contributed by atoms with E-state index in [0.717, 1.165) is 27.9 Å². The number of rotatable bonds is 3. The van der Waals surface area contributed by atoms with Gasteiger partial charge in [0.15, 0.2) is 0 Å². The van der Waals surface area contributed by atoms with E-state index in [1.165, 1.54) is 0 Å². The Labute approximate surface area is 193 Å². The van der Waals surface area contributed by atoms with Gasteiger partial charge in [-0.05, 0) is 35.9 Å². The fraction of sp³-hybridized carbons (Fsp3) is 0.346. The third-order valence-corrected chi connectivity index (χ3v) is 6.88. The summed E-state index contributed by atoms with van der Waals surface area (Å²) in [7, 11) is 0. The number of nitrogens with zero attached hydrogens (tertiary/aromatic N) is 3. The summed E-state index contributed by atoms with van der Waals surface area (Å²) in [5.74, 6) is 0.459. The zero-order valence-electron chi connectivity index (χ0n) is 18.4. The predicted molar refractivity (Wildman–Crippen MR) is 126 cm³/mol. The Hall–Kier alpha value is -2.76. The lowest BCUT2D eigenvalue weighted by molar-refractivity contribution is 0.0746. The molecular formula is C26H26ClN3O2. The van der Waals surface area contributed by atoms with Crippen LogP contribution in [0, 0.1) is 11.8 Å². The minimum Gasteiger partial charge on any atom is -0.392 e. The van der Waals surface area contributed by atoms with Gasteiger partial charge < -0.3 is 10.0 Å². The molecule has 1 saturated carbocycles. The smallest absolute Gasteiger partial charge is 0.253 e. The Balaban J connectivity index is 1.40. The number of likely N-dealkylation sites (tertiary alicyclic amines) is 1. The number of amides is 1. The molecule has 1 aliphatic heterocycles. The summed E-state index contributed by atoms with van der Waals surface area (Å²) in [5, 5.41) is 10.2. The summed E-state index contributed by atoms with van der Waals surface area (Å²) in [4.78, 5) is 23.6. The average molecular weight is 448 g/mol. The Morgan fingerprint density at radius 2 is 1.75 bits per heavy atom. The zero-order valence-corrected chi connectivity index (χ0v) is 19.2. The van der Waals surface area contributed by atoms with Gasteiger partial charge in [0.05, 0.1) is 6.10 Å². The second-order valence-corrected chi connectivity index (χ2v) is 10.3. The first-order valence-electron chi connectivity index (χ1n) is 10.9. The first-order valence-corrected chi connectivity index (χ1v) is 11.3. The molecule has 0 spiro atoms. The van der Waals surface area contributed by atoms with Gasteiger partial charge in [-0.3, -0.25) is 14.8 Å². The Bertz CT molecular complexity index is 1190. The molecule has 2 unspecified atom stereocenters. The summed E-state index contributed by atoms with van der Waals surface area (Å²) in [5.41, 5.74) is 5.32. The maximum absolute atomic E-state index is 12.8. The molecule has 1 amide bonds. The monoisotopic (exact) mass is 447 g/mol. The Morgan fingerprint density at radius 1 is 1.03 bits per heavy atom. The van der Waals surface area contributed by atoms with Crippen LogP contribution in [0.2, 0.25) is 5.02 Å². The van der Waals surface area contributed by atoms with Crippen LogP contribution in [0.5, 0.6) is 0 Å². The predicted octanol–water partition coefficient (Wildman–Crippen LogP) is 4.82. The van der Waals surface area contributed by atoms with Crippen molar-refractivity contribution in [3.63, 3.8) is 0 Å². The van der Waals surface area contributed by atoms with E-state index in [-0.39, 0.29) is 29.3 Å². The van der Waals surface area contributed by atoms with Crippen LogP contribution in [0.3, 0.4) is 0 Å². The van der Waals surface area contributed by atoms with Crippen molar-refractivity contribution in [3.05, 3.63) is 71.3 Å². The number of carbonyl (C=O) groups excluding carboxylic acids is 1. The largest absolute Gasteiger partial charge is 0.392 e. The quantitative estimate of drug-likeness (QED) is 0.624. The van der Waals surface area contributed by atoms with Crippen molar-refractivity contribution in [2.75, 3.05) is 13.1 Å². The number of pyridine rings is 2. The second-order valence-electron chi connectivity index (χ2n) is 9.87. The summed E-state index contributed by atoms with van der Waals surface area (Å²) >= 11 is 6.61. The van der Waals surface area contributed by atoms with E-state index in [1.807, 2.05) is 35.5 Å². The lowest BCUT2D eigenvalue weighted by Gasteiger charge is -2.19. The first kappa shape index (κ1) is 21.1. The molecule has 2 fully saturated rings. The van der Waals surface area contributed by atoms with Crippen molar-refractivity contribution < 1.29 is 9.90 Å². The molecule has 1 N–H and O–H groups in total. The van der Waals surface area contributed by atoms with Gasteiger partial charge in [-0.15, -0.1) is 0 Å². The summed E-state index contributed by atoms with van der Waals surface area (Å²) in [6.07, 6.45) is 5.22. The fourth-order valence-corrected chi connectivity index (χ4v) is 4.78. The van der Waals surface area contributed by atoms with E-state index in [2.05, 4.69) is 42.9 Å². The molecule has 32 heavy (non-hydrogen) atoms. The standard InChI is InChI=1S/C26H26ClN3O2/c1-26(2,3)23-10-15(6-7-29-23)17-8-18(12-28-11-17)19-5-4-16(9-22(19)27)25(32)30-13-20-21(14-30)24(20)31/h4-12,20-21,24,31H,13-14H2,1-3H3. The SMILES string of the molecule is CC(C)(C)c1cc(-c2cncc(-c3ccc(C(=O)N4CC5C(O)C5C4)cc3Cl)c2)ccn1. The van der Waals surface area contributed by atoms with Gasteiger partial charge in [-0.25, -0.2) is 0 Å². The van der Waals surface area contributed by atoms with E-state index < -0.39 is 0 Å². The highest BCUT2D eigenvalue weighted by molar-refractivity contribution is 6.33. The number of aromatic nitrogens is 2. The number of hydrogen-bond donors (Lipinski definition) is 1. The van der Waals surface area contributed by atoms with Crippen molar-refractivity contribution in [2.45, 2.75) is 32.3 Å². The van der Waals surface area contributed by atoms with E-state index in [0.29, 0.717) is 23.7 Å². The second kappa shape index (κ2) is 7.68. The van der Waals surface area contributed by atoms with Gasteiger partial charge in [0.2, 0.25) is 0 Å². The van der Waals surface area contributed by atoms with Crippen molar-refractivity contribution in [3.8, 4) is 22.3 Å². The van der Waals surface area contributed by atoms with Crippen LogP contribution in [-0.4, -0.2) is 45.1 Å². The van der Waals surface area contributed by atoms with Gasteiger partial charge in [-0.2, -0.15) is 0 Å². The van der Waals surface area contributed by atoms with Crippen LogP contribution in [-0.2, 0) is 5.41 Å². The highest BCUT2D eigenvalue weighted by Crippen LogP contribution is 2.45. The van der Waals surface area contributed by atoms with Crippen molar-refractivity contribution in [2.24, 2.45) is 11.8 Å². The molecule has 6 heteroatoms. The van der Waals surface area contributed by atoms with E-state index in [9.17, 15) is 9.90 Å². The number of benzene rings is 1. The van der Waals surface area contributed by atoms with Crippen molar-refractivity contribution in [1.82, 2.24) is 14.9 Å². The molecule has 0 radical (unpaired) electrons. The summed E-state index contributed by atoms with van der Waals surface area (Å²) in [6, 6.07) is 11.6. The van der Waals surface area contributed by atoms with Crippen LogP contribution in [0.4, 0.5) is 0 Å². The normalized spacial score (nSPS) is 22.0. The van der Waals surface area contributed by atoms with E-state index in [1.54, 1.807) is 12.3 Å². The lowest BCUT2D eigenvalue weighted by atomic mass is 9.90. The minimum atomic E-state index is -0.232. The number of piperidine rings is 1. The van der Waals surface area contributed by atoms with Gasteiger partial charge in [-0.1, -0.05) is 38.4 Å². The number of aliphatic hydroxyl groups is 1. The summed E-state index contributed by atoms with van der Waals surface area (Å²) < 4.78 is 0. The van der Waals surface area contributed by atoms with E-state index in [4.69, 9.17) is 11.6 Å². The third-order valence-electron chi connectivity index (χ3n) is 6.56. The van der Waals surface area contributed by atoms with Crippen LogP contribution in [0.1, 0.15) is 36.8 Å². The number of hydrogen-bond acceptors (Lipinski definition) is 4. The topological polar surface area (TPSA) is 66.3 Å². The molecule has 5 nitrogen and oxygen atoms in total. The molecule has 3 heterocycles. The molecule has 1 saturated heterocycles.